The number of rotatable bonds is 4. The Morgan fingerprint density at radius 1 is 1.06 bits per heavy atom. The topological polar surface area (TPSA) is 100 Å². The van der Waals surface area contributed by atoms with E-state index in [-0.39, 0.29) is 26.3 Å². The largest absolute Gasteiger partial charge is 0.573 e. The first-order valence-electron chi connectivity index (χ1n) is 9.95. The third kappa shape index (κ3) is 5.51. The lowest BCUT2D eigenvalue weighted by molar-refractivity contribution is -0.274. The van der Waals surface area contributed by atoms with E-state index in [1.54, 1.807) is 24.3 Å². The molecule has 2 amide bonds. The zero-order chi connectivity index (χ0) is 26.2. The van der Waals surface area contributed by atoms with Crippen molar-refractivity contribution in [2.24, 2.45) is 4.99 Å². The van der Waals surface area contributed by atoms with Crippen molar-refractivity contribution in [3.8, 4) is 11.5 Å². The van der Waals surface area contributed by atoms with E-state index in [1.165, 1.54) is 12.1 Å². The van der Waals surface area contributed by atoms with Crippen molar-refractivity contribution in [2.75, 3.05) is 5.32 Å². The zero-order valence-electron chi connectivity index (χ0n) is 17.7. The van der Waals surface area contributed by atoms with Crippen LogP contribution in [0.2, 0.25) is 15.1 Å². The van der Waals surface area contributed by atoms with E-state index in [4.69, 9.17) is 34.8 Å². The number of phenolic OH excluding ortho intramolecular Hbond substituents is 1. The molecule has 0 saturated carbocycles. The van der Waals surface area contributed by atoms with Gasteiger partial charge < -0.3 is 20.5 Å². The van der Waals surface area contributed by atoms with Crippen LogP contribution >= 0.6 is 34.8 Å². The van der Waals surface area contributed by atoms with E-state index in [9.17, 15) is 27.9 Å². The Morgan fingerprint density at radius 2 is 1.72 bits per heavy atom. The molecule has 0 bridgehead atoms. The first-order chi connectivity index (χ1) is 16.9. The van der Waals surface area contributed by atoms with E-state index >= 15 is 0 Å². The number of halogens is 6. The Kier molecular flexibility index (Phi) is 7.03. The fraction of sp³-hybridized carbons (Fsp3) is 0.0870. The Morgan fingerprint density at radius 3 is 2.39 bits per heavy atom. The van der Waals surface area contributed by atoms with Gasteiger partial charge in [0.1, 0.15) is 11.5 Å². The van der Waals surface area contributed by atoms with Crippen LogP contribution in [0.15, 0.2) is 59.6 Å². The molecule has 1 aliphatic heterocycles. The van der Waals surface area contributed by atoms with Gasteiger partial charge >= 0.3 is 6.36 Å². The molecule has 4 rings (SSSR count). The molecular weight excluding hydrogens is 546 g/mol. The number of carbonyl (C=O) groups is 2. The third-order valence-electron chi connectivity index (χ3n) is 4.90. The van der Waals surface area contributed by atoms with Gasteiger partial charge in [0, 0.05) is 16.1 Å². The molecule has 0 radical (unpaired) electrons. The van der Waals surface area contributed by atoms with Crippen LogP contribution in [0.4, 0.5) is 18.9 Å². The lowest BCUT2D eigenvalue weighted by atomic mass is 10.0. The Labute approximate surface area is 216 Å². The van der Waals surface area contributed by atoms with Gasteiger partial charge in [-0.15, -0.1) is 13.2 Å². The number of aliphatic imine (C=N–C) groups is 1. The summed E-state index contributed by atoms with van der Waals surface area (Å²) in [7, 11) is 0. The van der Waals surface area contributed by atoms with Crippen molar-refractivity contribution < 1.29 is 32.6 Å². The summed E-state index contributed by atoms with van der Waals surface area (Å²) >= 11 is 18.8. The number of hydrogen-bond donors (Lipinski definition) is 3. The standard InChI is InChI=1S/C23H13Cl3F3N3O4/c24-10-7-14(25)18(15(26)8-10)19-12-3-1-2-4-16(12)30-22(35)20(31-19)32-21(34)13-9-11(5-6-17(13)33)36-23(27,28)29/h1-9,20,33H,(H,30,35)(H,32,34). The molecule has 1 heterocycles. The van der Waals surface area contributed by atoms with Gasteiger partial charge in [-0.1, -0.05) is 53.0 Å². The van der Waals surface area contributed by atoms with E-state index in [2.05, 4.69) is 20.4 Å². The van der Waals surface area contributed by atoms with Crippen molar-refractivity contribution in [1.82, 2.24) is 5.32 Å². The normalized spacial score (nSPS) is 15.3. The predicted molar refractivity (Wildman–Crippen MR) is 128 cm³/mol. The zero-order valence-corrected chi connectivity index (χ0v) is 19.9. The van der Waals surface area contributed by atoms with Crippen LogP contribution in [0.1, 0.15) is 21.5 Å². The van der Waals surface area contributed by atoms with Crippen molar-refractivity contribution >= 4 is 58.0 Å². The molecule has 3 aromatic carbocycles. The first-order valence-corrected chi connectivity index (χ1v) is 11.1. The highest BCUT2D eigenvalue weighted by molar-refractivity contribution is 6.44. The van der Waals surface area contributed by atoms with Gasteiger partial charge in [-0.05, 0) is 36.4 Å². The molecule has 0 aromatic heterocycles. The molecule has 1 aliphatic rings. The minimum absolute atomic E-state index is 0.120. The minimum Gasteiger partial charge on any atom is -0.507 e. The molecule has 7 nitrogen and oxygen atoms in total. The number of carbonyl (C=O) groups excluding carboxylic acids is 2. The number of amides is 2. The second kappa shape index (κ2) is 9.88. The average molecular weight is 559 g/mol. The van der Waals surface area contributed by atoms with Crippen LogP contribution in [0.3, 0.4) is 0 Å². The summed E-state index contributed by atoms with van der Waals surface area (Å²) in [4.78, 5) is 30.2. The number of nitrogens with zero attached hydrogens (tertiary/aromatic N) is 1. The number of fused-ring (bicyclic) bond motifs is 1. The number of phenols is 1. The van der Waals surface area contributed by atoms with Crippen LogP contribution < -0.4 is 15.4 Å². The second-order valence-corrected chi connectivity index (χ2v) is 8.61. The van der Waals surface area contributed by atoms with E-state index in [1.807, 2.05) is 0 Å². The summed E-state index contributed by atoms with van der Waals surface area (Å²) in [5.41, 5.74) is 0.555. The van der Waals surface area contributed by atoms with Gasteiger partial charge in [0.2, 0.25) is 6.17 Å². The summed E-state index contributed by atoms with van der Waals surface area (Å²) < 4.78 is 41.5. The Balaban J connectivity index is 1.76. The number of hydrogen-bond acceptors (Lipinski definition) is 5. The maximum absolute atomic E-state index is 12.9. The van der Waals surface area contributed by atoms with Crippen molar-refractivity contribution in [1.29, 1.82) is 0 Å². The van der Waals surface area contributed by atoms with Gasteiger partial charge in [0.25, 0.3) is 11.8 Å². The molecule has 0 fully saturated rings. The minimum atomic E-state index is -5.02. The summed E-state index contributed by atoms with van der Waals surface area (Å²) in [6.45, 7) is 0. The number of benzodiazepines with no additional fused rings is 1. The quantitative estimate of drug-likeness (QED) is 0.377. The number of anilines is 1. The smallest absolute Gasteiger partial charge is 0.507 e. The first kappa shape index (κ1) is 25.6. The fourth-order valence-corrected chi connectivity index (χ4v) is 4.41. The highest BCUT2D eigenvalue weighted by Gasteiger charge is 2.33. The van der Waals surface area contributed by atoms with Gasteiger partial charge in [-0.3, -0.25) is 9.59 Å². The maximum Gasteiger partial charge on any atom is 0.573 e. The molecule has 1 unspecified atom stereocenters. The Hall–Kier alpha value is -3.47. The van der Waals surface area contributed by atoms with Crippen LogP contribution in [-0.4, -0.2) is 35.2 Å². The van der Waals surface area contributed by atoms with Gasteiger partial charge in [0.15, 0.2) is 0 Å². The van der Waals surface area contributed by atoms with E-state index < -0.39 is 41.4 Å². The number of ether oxygens (including phenoxy) is 1. The van der Waals surface area contributed by atoms with Crippen molar-refractivity contribution in [2.45, 2.75) is 12.5 Å². The highest BCUT2D eigenvalue weighted by atomic mass is 35.5. The van der Waals surface area contributed by atoms with Crippen LogP contribution in [0, 0.1) is 0 Å². The number of benzene rings is 3. The van der Waals surface area contributed by atoms with Gasteiger partial charge in [0.05, 0.1) is 27.0 Å². The number of alkyl halides is 3. The average Bonchev–Trinajstić information content (AvgIpc) is 2.90. The predicted octanol–water partition coefficient (Wildman–Crippen LogP) is 5.80. The van der Waals surface area contributed by atoms with Crippen LogP contribution in [0.25, 0.3) is 0 Å². The maximum atomic E-state index is 12.9. The molecule has 3 aromatic rings. The number of nitrogens with one attached hydrogen (secondary N) is 2. The molecule has 13 heteroatoms. The summed E-state index contributed by atoms with van der Waals surface area (Å²) in [5.74, 6) is -3.25. The number of para-hydroxylation sites is 1. The monoisotopic (exact) mass is 557 g/mol. The van der Waals surface area contributed by atoms with Gasteiger partial charge in [-0.2, -0.15) is 0 Å². The third-order valence-corrected chi connectivity index (χ3v) is 5.72. The van der Waals surface area contributed by atoms with E-state index in [0.29, 0.717) is 17.3 Å². The molecule has 36 heavy (non-hydrogen) atoms. The molecule has 186 valence electrons. The molecule has 3 N–H and O–H groups in total. The van der Waals surface area contributed by atoms with Crippen molar-refractivity contribution in [3.05, 3.63) is 86.4 Å². The van der Waals surface area contributed by atoms with Crippen LogP contribution in [-0.2, 0) is 4.79 Å². The molecular formula is C23H13Cl3F3N3O4. The second-order valence-electron chi connectivity index (χ2n) is 7.36. The lowest BCUT2D eigenvalue weighted by Crippen LogP contribution is -2.42. The summed E-state index contributed by atoms with van der Waals surface area (Å²) in [6.07, 6.45) is -6.61. The lowest BCUT2D eigenvalue weighted by Gasteiger charge is -2.16. The molecule has 0 spiro atoms. The van der Waals surface area contributed by atoms with E-state index in [0.717, 1.165) is 12.1 Å². The summed E-state index contributed by atoms with van der Waals surface area (Å²) in [5, 5.41) is 15.5. The molecule has 1 atom stereocenters. The highest BCUT2D eigenvalue weighted by Crippen LogP contribution is 2.34. The SMILES string of the molecule is O=C(NC1N=C(c2c(Cl)cc(Cl)cc2Cl)c2ccccc2NC1=O)c1cc(OC(F)(F)F)ccc1O. The molecule has 0 aliphatic carbocycles. The van der Waals surface area contributed by atoms with Crippen LogP contribution in [0.5, 0.6) is 11.5 Å². The van der Waals surface area contributed by atoms with Crippen molar-refractivity contribution in [3.63, 3.8) is 0 Å². The Bertz CT molecular complexity index is 1390. The summed E-state index contributed by atoms with van der Waals surface area (Å²) in [6, 6.07) is 11.8. The molecule has 0 saturated heterocycles. The van der Waals surface area contributed by atoms with Gasteiger partial charge in [-0.25, -0.2) is 4.99 Å². The fourth-order valence-electron chi connectivity index (χ4n) is 3.42. The number of aromatic hydroxyl groups is 1.